The van der Waals surface area contributed by atoms with Crippen LogP contribution < -0.4 is 0 Å². The van der Waals surface area contributed by atoms with Gasteiger partial charge in [0.2, 0.25) is 6.04 Å². The van der Waals surface area contributed by atoms with Gasteiger partial charge in [0.05, 0.1) is 0 Å². The van der Waals surface area contributed by atoms with Gasteiger partial charge in [0, 0.05) is 18.1 Å². The number of nitrogens with zero attached hydrogens (tertiary/aromatic N) is 2. The van der Waals surface area contributed by atoms with Crippen LogP contribution in [0.5, 0.6) is 0 Å². The number of rotatable bonds is 5. The quantitative estimate of drug-likeness (QED) is 0.473. The highest BCUT2D eigenvalue weighted by Gasteiger charge is 2.26. The Balaban J connectivity index is 2.28. The minimum absolute atomic E-state index is 0.292. The molecule has 2 aromatic carbocycles. The van der Waals surface area contributed by atoms with Crippen LogP contribution in [0.4, 0.5) is 0 Å². The molecule has 102 valence electrons. The molecule has 0 spiro atoms. The van der Waals surface area contributed by atoms with E-state index in [2.05, 4.69) is 4.99 Å². The summed E-state index contributed by atoms with van der Waals surface area (Å²) in [6.45, 7) is 1.58. The number of nitro groups is 1. The van der Waals surface area contributed by atoms with E-state index in [1.165, 1.54) is 0 Å². The number of benzene rings is 2. The van der Waals surface area contributed by atoms with E-state index in [1.807, 2.05) is 60.7 Å². The van der Waals surface area contributed by atoms with Gasteiger partial charge in [0.15, 0.2) is 0 Å². The minimum atomic E-state index is -0.766. The van der Waals surface area contributed by atoms with Crippen LogP contribution in [0.15, 0.2) is 65.7 Å². The maximum atomic E-state index is 11.1. The molecule has 0 aromatic heterocycles. The predicted octanol–water partition coefficient (Wildman–Crippen LogP) is 3.51. The Bertz CT molecular complexity index is 582. The zero-order chi connectivity index (χ0) is 14.4. The van der Waals surface area contributed by atoms with Gasteiger partial charge in [0.1, 0.15) is 6.04 Å². The molecule has 20 heavy (non-hydrogen) atoms. The summed E-state index contributed by atoms with van der Waals surface area (Å²) in [7, 11) is 0. The topological polar surface area (TPSA) is 55.5 Å². The summed E-state index contributed by atoms with van der Waals surface area (Å²) < 4.78 is 0. The predicted molar refractivity (Wildman–Crippen MR) is 79.7 cm³/mol. The fourth-order valence-corrected chi connectivity index (χ4v) is 1.96. The highest BCUT2D eigenvalue weighted by Crippen LogP contribution is 2.22. The van der Waals surface area contributed by atoms with Crippen molar-refractivity contribution in [2.45, 2.75) is 19.0 Å². The fraction of sp³-hybridized carbons (Fsp3) is 0.188. The molecule has 0 fully saturated rings. The van der Waals surface area contributed by atoms with Gasteiger partial charge in [-0.15, -0.1) is 0 Å². The fourth-order valence-electron chi connectivity index (χ4n) is 1.96. The van der Waals surface area contributed by atoms with Crippen molar-refractivity contribution in [2.75, 3.05) is 0 Å². The van der Waals surface area contributed by atoms with Crippen LogP contribution in [0, 0.1) is 10.1 Å². The van der Waals surface area contributed by atoms with Crippen molar-refractivity contribution in [1.29, 1.82) is 0 Å². The molecular formula is C16H16N2O2. The van der Waals surface area contributed by atoms with Crippen molar-refractivity contribution in [2.24, 2.45) is 4.99 Å². The van der Waals surface area contributed by atoms with Crippen LogP contribution in [-0.2, 0) is 0 Å². The Labute approximate surface area is 117 Å². The maximum Gasteiger partial charge on any atom is 0.236 e. The third-order valence-electron chi connectivity index (χ3n) is 3.11. The number of aliphatic imine (C=N–C) groups is 1. The van der Waals surface area contributed by atoms with Crippen LogP contribution >= 0.6 is 0 Å². The first-order valence-electron chi connectivity index (χ1n) is 6.45. The van der Waals surface area contributed by atoms with E-state index < -0.39 is 12.1 Å². The van der Waals surface area contributed by atoms with Gasteiger partial charge < -0.3 is 0 Å². The van der Waals surface area contributed by atoms with Gasteiger partial charge in [-0.25, -0.2) is 0 Å². The summed E-state index contributed by atoms with van der Waals surface area (Å²) in [5.41, 5.74) is 1.79. The molecular weight excluding hydrogens is 252 g/mol. The van der Waals surface area contributed by atoms with Gasteiger partial charge in [-0.2, -0.15) is 0 Å². The lowest BCUT2D eigenvalue weighted by molar-refractivity contribution is -0.522. The Morgan fingerprint density at radius 2 is 1.60 bits per heavy atom. The first-order chi connectivity index (χ1) is 9.68. The molecule has 0 unspecified atom stereocenters. The Morgan fingerprint density at radius 1 is 1.05 bits per heavy atom. The molecule has 0 aliphatic carbocycles. The van der Waals surface area contributed by atoms with E-state index in [0.29, 0.717) is 0 Å². The van der Waals surface area contributed by atoms with Crippen molar-refractivity contribution in [1.82, 2.24) is 0 Å². The van der Waals surface area contributed by atoms with Crippen LogP contribution in [0.2, 0.25) is 0 Å². The molecule has 0 bridgehead atoms. The van der Waals surface area contributed by atoms with E-state index in [-0.39, 0.29) is 4.92 Å². The molecule has 4 heteroatoms. The number of hydrogen-bond donors (Lipinski definition) is 0. The monoisotopic (exact) mass is 268 g/mol. The lowest BCUT2D eigenvalue weighted by atomic mass is 10.0. The summed E-state index contributed by atoms with van der Waals surface area (Å²) in [5.74, 6) is 0. The smallest absolute Gasteiger partial charge is 0.236 e. The molecule has 0 amide bonds. The van der Waals surface area contributed by atoms with Gasteiger partial charge in [-0.3, -0.25) is 15.1 Å². The standard InChI is InChI=1S/C16H16N2O2/c1-13(18(19)20)16(15-10-6-3-7-11-15)17-12-14-8-4-2-5-9-14/h2-13,16H,1H3/t13-,16+/m0/s1. The summed E-state index contributed by atoms with van der Waals surface area (Å²) in [5, 5.41) is 11.1. The van der Waals surface area contributed by atoms with Crippen molar-refractivity contribution in [3.05, 3.63) is 81.9 Å². The Hall–Kier alpha value is -2.49. The van der Waals surface area contributed by atoms with E-state index in [0.717, 1.165) is 11.1 Å². The molecule has 2 rings (SSSR count). The Kier molecular flexibility index (Phi) is 4.60. The van der Waals surface area contributed by atoms with E-state index >= 15 is 0 Å². The maximum absolute atomic E-state index is 11.1. The summed E-state index contributed by atoms with van der Waals surface area (Å²) in [6.07, 6.45) is 1.69. The highest BCUT2D eigenvalue weighted by atomic mass is 16.6. The molecule has 0 N–H and O–H groups in total. The molecule has 4 nitrogen and oxygen atoms in total. The average Bonchev–Trinajstić information content (AvgIpc) is 2.49. The molecule has 0 aliphatic heterocycles. The van der Waals surface area contributed by atoms with E-state index in [1.54, 1.807) is 13.1 Å². The lowest BCUT2D eigenvalue weighted by Crippen LogP contribution is -2.23. The molecule has 0 heterocycles. The largest absolute Gasteiger partial charge is 0.277 e. The third kappa shape index (κ3) is 3.51. The van der Waals surface area contributed by atoms with Crippen molar-refractivity contribution in [3.8, 4) is 0 Å². The van der Waals surface area contributed by atoms with Crippen LogP contribution in [0.25, 0.3) is 0 Å². The van der Waals surface area contributed by atoms with Crippen LogP contribution in [0.1, 0.15) is 24.1 Å². The van der Waals surface area contributed by atoms with Crippen LogP contribution in [-0.4, -0.2) is 17.2 Å². The minimum Gasteiger partial charge on any atom is -0.277 e. The summed E-state index contributed by atoms with van der Waals surface area (Å²) >= 11 is 0. The van der Waals surface area contributed by atoms with Gasteiger partial charge in [-0.1, -0.05) is 60.7 Å². The van der Waals surface area contributed by atoms with Crippen molar-refractivity contribution >= 4 is 6.21 Å². The van der Waals surface area contributed by atoms with Crippen molar-refractivity contribution < 1.29 is 4.92 Å². The first-order valence-corrected chi connectivity index (χ1v) is 6.45. The summed E-state index contributed by atoms with van der Waals surface area (Å²) in [4.78, 5) is 15.2. The van der Waals surface area contributed by atoms with E-state index in [4.69, 9.17) is 0 Å². The molecule has 2 atom stereocenters. The average molecular weight is 268 g/mol. The zero-order valence-corrected chi connectivity index (χ0v) is 11.2. The number of hydrogen-bond acceptors (Lipinski definition) is 3. The van der Waals surface area contributed by atoms with Crippen molar-refractivity contribution in [3.63, 3.8) is 0 Å². The molecule has 0 saturated heterocycles. The second-order valence-electron chi connectivity index (χ2n) is 4.57. The zero-order valence-electron chi connectivity index (χ0n) is 11.2. The SMILES string of the molecule is C[C@@H]([C@@H](N=Cc1ccccc1)c1ccccc1)[N+](=O)[O-]. The van der Waals surface area contributed by atoms with Gasteiger partial charge in [-0.05, 0) is 11.1 Å². The Morgan fingerprint density at radius 3 is 2.15 bits per heavy atom. The van der Waals surface area contributed by atoms with Gasteiger partial charge in [0.25, 0.3) is 0 Å². The molecule has 0 radical (unpaired) electrons. The molecule has 2 aromatic rings. The molecule has 0 aliphatic rings. The molecule has 0 saturated carbocycles. The van der Waals surface area contributed by atoms with Gasteiger partial charge >= 0.3 is 0 Å². The van der Waals surface area contributed by atoms with Crippen LogP contribution in [0.3, 0.4) is 0 Å². The summed E-state index contributed by atoms with van der Waals surface area (Å²) in [6, 6.07) is 17.7. The second kappa shape index (κ2) is 6.61. The first kappa shape index (κ1) is 13.9. The normalized spacial score (nSPS) is 14.1. The second-order valence-corrected chi connectivity index (χ2v) is 4.57. The lowest BCUT2D eigenvalue weighted by Gasteiger charge is -2.14. The highest BCUT2D eigenvalue weighted by molar-refractivity contribution is 5.79. The van der Waals surface area contributed by atoms with E-state index in [9.17, 15) is 10.1 Å². The third-order valence-corrected chi connectivity index (χ3v) is 3.11.